The maximum atomic E-state index is 12.0. The monoisotopic (exact) mass is 311 g/mol. The van der Waals surface area contributed by atoms with E-state index in [1.807, 2.05) is 0 Å². The summed E-state index contributed by atoms with van der Waals surface area (Å²) in [5.74, 6) is 0.810. The lowest BCUT2D eigenvalue weighted by Gasteiger charge is -2.19. The molecule has 6 heteroatoms. The number of nitrogens with two attached hydrogens (primary N) is 1. The van der Waals surface area contributed by atoms with Gasteiger partial charge in [0, 0.05) is 25.0 Å². The second-order valence-electron chi connectivity index (χ2n) is 5.54. The predicted octanol–water partition coefficient (Wildman–Crippen LogP) is 1.42. The number of carbonyl (C=O) groups excluding carboxylic acids is 1. The lowest BCUT2D eigenvalue weighted by molar-refractivity contribution is -0.126. The first-order valence-corrected chi connectivity index (χ1v) is 6.90. The van der Waals surface area contributed by atoms with Gasteiger partial charge in [0.05, 0.1) is 0 Å². The van der Waals surface area contributed by atoms with Crippen molar-refractivity contribution < 1.29 is 4.79 Å². The molecule has 2 aliphatic carbocycles. The first-order valence-electron chi connectivity index (χ1n) is 6.90. The number of carbonyl (C=O) groups is 1. The van der Waals surface area contributed by atoms with E-state index in [0.29, 0.717) is 12.5 Å². The SMILES string of the molecule is CN(CCNC(=O)[C@@H]1CCC[C@@H]1CN)C1CC1.Cl.Cl. The van der Waals surface area contributed by atoms with Gasteiger partial charge < -0.3 is 16.0 Å². The van der Waals surface area contributed by atoms with Gasteiger partial charge in [-0.15, -0.1) is 24.8 Å². The van der Waals surface area contributed by atoms with Gasteiger partial charge in [0.2, 0.25) is 5.91 Å². The second kappa shape index (κ2) is 9.01. The van der Waals surface area contributed by atoms with Gasteiger partial charge in [-0.25, -0.2) is 0 Å². The summed E-state index contributed by atoms with van der Waals surface area (Å²) in [5.41, 5.74) is 5.70. The fourth-order valence-corrected chi connectivity index (χ4v) is 2.85. The first kappa shape index (κ1) is 19.0. The highest BCUT2D eigenvalue weighted by atomic mass is 35.5. The zero-order valence-corrected chi connectivity index (χ0v) is 13.3. The molecule has 0 aromatic heterocycles. The Bertz CT molecular complexity index is 275. The highest BCUT2D eigenvalue weighted by Gasteiger charge is 2.32. The van der Waals surface area contributed by atoms with Crippen molar-refractivity contribution in [3.63, 3.8) is 0 Å². The Labute approximate surface area is 128 Å². The van der Waals surface area contributed by atoms with E-state index in [-0.39, 0.29) is 36.6 Å². The number of rotatable bonds is 6. The van der Waals surface area contributed by atoms with Crippen molar-refractivity contribution in [2.75, 3.05) is 26.7 Å². The molecule has 0 radical (unpaired) electrons. The minimum atomic E-state index is 0. The average molecular weight is 312 g/mol. The van der Waals surface area contributed by atoms with Crippen molar-refractivity contribution in [1.29, 1.82) is 0 Å². The van der Waals surface area contributed by atoms with Gasteiger partial charge in [-0.2, -0.15) is 0 Å². The minimum Gasteiger partial charge on any atom is -0.355 e. The normalized spacial score (nSPS) is 25.6. The first-order chi connectivity index (χ1) is 8.22. The molecule has 19 heavy (non-hydrogen) atoms. The van der Waals surface area contributed by atoms with E-state index in [4.69, 9.17) is 5.73 Å². The molecular formula is C13H27Cl2N3O. The summed E-state index contributed by atoms with van der Waals surface area (Å²) < 4.78 is 0. The largest absolute Gasteiger partial charge is 0.355 e. The summed E-state index contributed by atoms with van der Waals surface area (Å²) in [4.78, 5) is 14.3. The third kappa shape index (κ3) is 5.46. The molecule has 0 heterocycles. The molecule has 2 saturated carbocycles. The zero-order chi connectivity index (χ0) is 12.3. The Kier molecular flexibility index (Phi) is 8.99. The maximum Gasteiger partial charge on any atom is 0.223 e. The van der Waals surface area contributed by atoms with Gasteiger partial charge in [0.25, 0.3) is 0 Å². The van der Waals surface area contributed by atoms with Crippen LogP contribution in [-0.2, 0) is 4.79 Å². The van der Waals surface area contributed by atoms with Crippen LogP contribution in [0.5, 0.6) is 0 Å². The lowest BCUT2D eigenvalue weighted by atomic mass is 9.95. The summed E-state index contributed by atoms with van der Waals surface area (Å²) in [7, 11) is 2.14. The summed E-state index contributed by atoms with van der Waals surface area (Å²) in [5, 5.41) is 3.07. The Hall–Kier alpha value is -0.0300. The molecule has 0 aromatic carbocycles. The smallest absolute Gasteiger partial charge is 0.223 e. The standard InChI is InChI=1S/C13H25N3O.2ClH/c1-16(11-5-6-11)8-7-15-13(17)12-4-2-3-10(12)9-14;;/h10-12H,2-9,14H2,1H3,(H,15,17);2*1H/t10-,12-;;/m1../s1. The molecule has 0 bridgehead atoms. The molecule has 0 aromatic rings. The van der Waals surface area contributed by atoms with Crippen LogP contribution in [0.1, 0.15) is 32.1 Å². The van der Waals surface area contributed by atoms with E-state index >= 15 is 0 Å². The molecule has 1 amide bonds. The highest BCUT2D eigenvalue weighted by molar-refractivity contribution is 5.85. The third-order valence-corrected chi connectivity index (χ3v) is 4.23. The molecule has 3 N–H and O–H groups in total. The van der Waals surface area contributed by atoms with Crippen LogP contribution < -0.4 is 11.1 Å². The summed E-state index contributed by atoms with van der Waals surface area (Å²) in [6, 6.07) is 0.773. The van der Waals surface area contributed by atoms with Gasteiger partial charge >= 0.3 is 0 Å². The minimum absolute atomic E-state index is 0. The topological polar surface area (TPSA) is 58.4 Å². The summed E-state index contributed by atoms with van der Waals surface area (Å²) in [6.45, 7) is 2.40. The fourth-order valence-electron chi connectivity index (χ4n) is 2.85. The van der Waals surface area contributed by atoms with Crippen LogP contribution in [0.2, 0.25) is 0 Å². The predicted molar refractivity (Wildman–Crippen MR) is 83.0 cm³/mol. The molecule has 2 fully saturated rings. The third-order valence-electron chi connectivity index (χ3n) is 4.23. The van der Waals surface area contributed by atoms with Crippen molar-refractivity contribution in [2.45, 2.75) is 38.1 Å². The Morgan fingerprint density at radius 3 is 2.53 bits per heavy atom. The van der Waals surface area contributed by atoms with Crippen molar-refractivity contribution in [3.05, 3.63) is 0 Å². The van der Waals surface area contributed by atoms with Crippen molar-refractivity contribution in [3.8, 4) is 0 Å². The van der Waals surface area contributed by atoms with Crippen molar-refractivity contribution in [2.24, 2.45) is 17.6 Å². The second-order valence-corrected chi connectivity index (χ2v) is 5.54. The van der Waals surface area contributed by atoms with Gasteiger partial charge in [-0.1, -0.05) is 6.42 Å². The molecule has 2 atom stereocenters. The van der Waals surface area contributed by atoms with Crippen LogP contribution in [-0.4, -0.2) is 43.5 Å². The number of hydrogen-bond acceptors (Lipinski definition) is 3. The molecule has 0 aliphatic heterocycles. The van der Waals surface area contributed by atoms with Gasteiger partial charge in [0.1, 0.15) is 0 Å². The molecule has 4 nitrogen and oxygen atoms in total. The van der Waals surface area contributed by atoms with Crippen molar-refractivity contribution >= 4 is 30.7 Å². The van der Waals surface area contributed by atoms with Crippen LogP contribution in [0, 0.1) is 11.8 Å². The van der Waals surface area contributed by atoms with Crippen LogP contribution in [0.4, 0.5) is 0 Å². The summed E-state index contributed by atoms with van der Waals surface area (Å²) >= 11 is 0. The average Bonchev–Trinajstić information content (AvgIpc) is 3.06. The van der Waals surface area contributed by atoms with Gasteiger partial charge in [0.15, 0.2) is 0 Å². The zero-order valence-electron chi connectivity index (χ0n) is 11.6. The van der Waals surface area contributed by atoms with E-state index in [1.165, 1.54) is 12.8 Å². The van der Waals surface area contributed by atoms with E-state index in [0.717, 1.165) is 38.4 Å². The van der Waals surface area contributed by atoms with Crippen LogP contribution >= 0.6 is 24.8 Å². The van der Waals surface area contributed by atoms with Gasteiger partial charge in [-0.3, -0.25) is 4.79 Å². The van der Waals surface area contributed by atoms with Crippen molar-refractivity contribution in [1.82, 2.24) is 10.2 Å². The van der Waals surface area contributed by atoms with Crippen LogP contribution in [0.15, 0.2) is 0 Å². The maximum absolute atomic E-state index is 12.0. The van der Waals surface area contributed by atoms with E-state index in [9.17, 15) is 4.79 Å². The van der Waals surface area contributed by atoms with E-state index in [2.05, 4.69) is 17.3 Å². The number of nitrogens with zero attached hydrogens (tertiary/aromatic N) is 1. The van der Waals surface area contributed by atoms with Crippen LogP contribution in [0.25, 0.3) is 0 Å². The number of hydrogen-bond donors (Lipinski definition) is 2. The molecule has 2 aliphatic rings. The molecular weight excluding hydrogens is 285 g/mol. The molecule has 0 unspecified atom stereocenters. The molecule has 2 rings (SSSR count). The summed E-state index contributed by atoms with van der Waals surface area (Å²) in [6.07, 6.45) is 5.94. The highest BCUT2D eigenvalue weighted by Crippen LogP contribution is 2.30. The molecule has 114 valence electrons. The number of halogens is 2. The van der Waals surface area contributed by atoms with Gasteiger partial charge in [-0.05, 0) is 45.2 Å². The van der Waals surface area contributed by atoms with Crippen LogP contribution in [0.3, 0.4) is 0 Å². The number of likely N-dealkylation sites (N-methyl/N-ethyl adjacent to an activating group) is 1. The molecule has 0 spiro atoms. The molecule has 0 saturated heterocycles. The fraction of sp³-hybridized carbons (Fsp3) is 0.923. The lowest BCUT2D eigenvalue weighted by Crippen LogP contribution is -2.39. The Morgan fingerprint density at radius 2 is 1.95 bits per heavy atom. The Morgan fingerprint density at radius 1 is 1.26 bits per heavy atom. The van der Waals surface area contributed by atoms with E-state index < -0.39 is 0 Å². The quantitative estimate of drug-likeness (QED) is 0.780. The number of nitrogens with one attached hydrogen (secondary N) is 1. The number of amides is 1. The Balaban J connectivity index is 0.00000162. The van der Waals surface area contributed by atoms with E-state index in [1.54, 1.807) is 0 Å².